The SMILES string of the molecule is COc1cccc(NC(=O)C(NCCc2cccc(F)c2)c2ccccc2)c1. The maximum atomic E-state index is 13.4. The summed E-state index contributed by atoms with van der Waals surface area (Å²) in [6, 6.07) is 22.7. The Morgan fingerprint density at radius 3 is 2.54 bits per heavy atom. The molecular formula is C23H23FN2O2. The second kappa shape index (κ2) is 9.67. The highest BCUT2D eigenvalue weighted by Crippen LogP contribution is 2.20. The molecule has 0 spiro atoms. The summed E-state index contributed by atoms with van der Waals surface area (Å²) in [5.74, 6) is 0.250. The molecule has 0 aliphatic rings. The van der Waals surface area contributed by atoms with Crippen LogP contribution in [0.15, 0.2) is 78.9 Å². The van der Waals surface area contributed by atoms with E-state index in [1.54, 1.807) is 19.2 Å². The first-order valence-electron chi connectivity index (χ1n) is 9.13. The molecule has 1 atom stereocenters. The molecule has 1 amide bonds. The summed E-state index contributed by atoms with van der Waals surface area (Å²) in [5, 5.41) is 6.22. The minimum atomic E-state index is -0.527. The van der Waals surface area contributed by atoms with E-state index in [0.717, 1.165) is 11.1 Å². The Bertz CT molecular complexity index is 915. The van der Waals surface area contributed by atoms with E-state index >= 15 is 0 Å². The molecule has 3 aromatic rings. The lowest BCUT2D eigenvalue weighted by Gasteiger charge is -2.19. The van der Waals surface area contributed by atoms with E-state index in [0.29, 0.717) is 24.4 Å². The van der Waals surface area contributed by atoms with Crippen LogP contribution < -0.4 is 15.4 Å². The fraction of sp³-hybridized carbons (Fsp3) is 0.174. The lowest BCUT2D eigenvalue weighted by atomic mass is 10.1. The van der Waals surface area contributed by atoms with Crippen molar-refractivity contribution in [2.45, 2.75) is 12.5 Å². The highest BCUT2D eigenvalue weighted by molar-refractivity contribution is 5.95. The van der Waals surface area contributed by atoms with Crippen LogP contribution in [-0.4, -0.2) is 19.6 Å². The van der Waals surface area contributed by atoms with E-state index < -0.39 is 6.04 Å². The second-order valence-electron chi connectivity index (χ2n) is 6.40. The molecule has 0 fully saturated rings. The third-order valence-corrected chi connectivity index (χ3v) is 4.38. The van der Waals surface area contributed by atoms with Crippen LogP contribution in [0.3, 0.4) is 0 Å². The summed E-state index contributed by atoms with van der Waals surface area (Å²) in [6.45, 7) is 0.536. The largest absolute Gasteiger partial charge is 0.497 e. The first-order chi connectivity index (χ1) is 13.7. The van der Waals surface area contributed by atoms with Gasteiger partial charge in [0.25, 0.3) is 0 Å². The summed E-state index contributed by atoms with van der Waals surface area (Å²) in [4.78, 5) is 12.9. The summed E-state index contributed by atoms with van der Waals surface area (Å²) < 4.78 is 18.6. The molecule has 0 radical (unpaired) electrons. The monoisotopic (exact) mass is 378 g/mol. The van der Waals surface area contributed by atoms with Gasteiger partial charge < -0.3 is 15.4 Å². The minimum Gasteiger partial charge on any atom is -0.497 e. The Kier molecular flexibility index (Phi) is 6.76. The van der Waals surface area contributed by atoms with Gasteiger partial charge in [-0.3, -0.25) is 4.79 Å². The standard InChI is InChI=1S/C23H23FN2O2/c1-28-21-12-6-11-20(16-21)26-23(27)22(18-8-3-2-4-9-18)25-14-13-17-7-5-10-19(24)15-17/h2-12,15-16,22,25H,13-14H2,1H3,(H,26,27). The van der Waals surface area contributed by atoms with Gasteiger partial charge in [0.2, 0.25) is 5.91 Å². The number of anilines is 1. The molecular weight excluding hydrogens is 355 g/mol. The number of ether oxygens (including phenoxy) is 1. The number of rotatable bonds is 8. The normalized spacial score (nSPS) is 11.6. The smallest absolute Gasteiger partial charge is 0.246 e. The lowest BCUT2D eigenvalue weighted by molar-refractivity contribution is -0.118. The first-order valence-corrected chi connectivity index (χ1v) is 9.13. The summed E-state index contributed by atoms with van der Waals surface area (Å²) in [5.41, 5.74) is 2.41. The number of hydrogen-bond acceptors (Lipinski definition) is 3. The van der Waals surface area contributed by atoms with Gasteiger partial charge in [0.1, 0.15) is 17.6 Å². The quantitative estimate of drug-likeness (QED) is 0.613. The molecule has 1 unspecified atom stereocenters. The van der Waals surface area contributed by atoms with Crippen LogP contribution in [0.4, 0.5) is 10.1 Å². The molecule has 3 aromatic carbocycles. The van der Waals surface area contributed by atoms with Crippen LogP contribution in [0.1, 0.15) is 17.2 Å². The van der Waals surface area contributed by atoms with Crippen LogP contribution in [0.25, 0.3) is 0 Å². The summed E-state index contributed by atoms with van der Waals surface area (Å²) in [7, 11) is 1.58. The van der Waals surface area contributed by atoms with Gasteiger partial charge in [-0.2, -0.15) is 0 Å². The van der Waals surface area contributed by atoms with Crippen LogP contribution in [-0.2, 0) is 11.2 Å². The Labute approximate surface area is 164 Å². The first kappa shape index (κ1) is 19.6. The lowest BCUT2D eigenvalue weighted by Crippen LogP contribution is -2.34. The van der Waals surface area contributed by atoms with Crippen molar-refractivity contribution >= 4 is 11.6 Å². The molecule has 0 aliphatic carbocycles. The number of amides is 1. The van der Waals surface area contributed by atoms with E-state index in [4.69, 9.17) is 4.74 Å². The number of benzene rings is 3. The number of methoxy groups -OCH3 is 1. The molecule has 0 saturated heterocycles. The van der Waals surface area contributed by atoms with Gasteiger partial charge in [0.15, 0.2) is 0 Å². The average molecular weight is 378 g/mol. The molecule has 0 aromatic heterocycles. The van der Waals surface area contributed by atoms with E-state index in [1.165, 1.54) is 12.1 Å². The molecule has 4 nitrogen and oxygen atoms in total. The molecule has 0 saturated carbocycles. The molecule has 3 rings (SSSR count). The molecule has 28 heavy (non-hydrogen) atoms. The van der Waals surface area contributed by atoms with Crippen molar-refractivity contribution in [1.29, 1.82) is 0 Å². The number of hydrogen-bond donors (Lipinski definition) is 2. The van der Waals surface area contributed by atoms with Gasteiger partial charge in [-0.05, 0) is 41.8 Å². The Balaban J connectivity index is 1.70. The van der Waals surface area contributed by atoms with Crippen LogP contribution in [0, 0.1) is 5.82 Å². The van der Waals surface area contributed by atoms with Crippen molar-refractivity contribution in [3.05, 3.63) is 95.8 Å². The number of halogens is 1. The van der Waals surface area contributed by atoms with Crippen molar-refractivity contribution in [1.82, 2.24) is 5.32 Å². The maximum absolute atomic E-state index is 13.4. The van der Waals surface area contributed by atoms with E-state index in [1.807, 2.05) is 54.6 Å². The molecule has 0 aliphatic heterocycles. The Morgan fingerprint density at radius 2 is 1.79 bits per heavy atom. The zero-order valence-corrected chi connectivity index (χ0v) is 15.7. The Hall–Kier alpha value is -3.18. The zero-order valence-electron chi connectivity index (χ0n) is 15.7. The van der Waals surface area contributed by atoms with E-state index in [-0.39, 0.29) is 11.7 Å². The number of nitrogens with one attached hydrogen (secondary N) is 2. The van der Waals surface area contributed by atoms with Crippen molar-refractivity contribution in [2.24, 2.45) is 0 Å². The van der Waals surface area contributed by atoms with E-state index in [9.17, 15) is 9.18 Å². The highest BCUT2D eigenvalue weighted by Gasteiger charge is 2.20. The molecule has 2 N–H and O–H groups in total. The highest BCUT2D eigenvalue weighted by atomic mass is 19.1. The fourth-order valence-corrected chi connectivity index (χ4v) is 2.98. The topological polar surface area (TPSA) is 50.4 Å². The summed E-state index contributed by atoms with van der Waals surface area (Å²) >= 11 is 0. The van der Waals surface area contributed by atoms with Crippen LogP contribution in [0.2, 0.25) is 0 Å². The van der Waals surface area contributed by atoms with Crippen molar-refractivity contribution in [2.75, 3.05) is 19.0 Å². The number of carbonyl (C=O) groups is 1. The number of carbonyl (C=O) groups excluding carboxylic acids is 1. The van der Waals surface area contributed by atoms with Crippen molar-refractivity contribution in [3.63, 3.8) is 0 Å². The van der Waals surface area contributed by atoms with Gasteiger partial charge >= 0.3 is 0 Å². The molecule has 0 bridgehead atoms. The maximum Gasteiger partial charge on any atom is 0.246 e. The predicted octanol–water partition coefficient (Wildman–Crippen LogP) is 4.35. The van der Waals surface area contributed by atoms with Crippen molar-refractivity contribution < 1.29 is 13.9 Å². The van der Waals surface area contributed by atoms with Gasteiger partial charge in [0.05, 0.1) is 7.11 Å². The van der Waals surface area contributed by atoms with Crippen LogP contribution in [0.5, 0.6) is 5.75 Å². The van der Waals surface area contributed by atoms with Crippen molar-refractivity contribution in [3.8, 4) is 5.75 Å². The van der Waals surface area contributed by atoms with Gasteiger partial charge in [-0.15, -0.1) is 0 Å². The minimum absolute atomic E-state index is 0.168. The zero-order chi connectivity index (χ0) is 19.8. The van der Waals surface area contributed by atoms with Gasteiger partial charge in [-0.1, -0.05) is 48.5 Å². The van der Waals surface area contributed by atoms with E-state index in [2.05, 4.69) is 10.6 Å². The predicted molar refractivity (Wildman–Crippen MR) is 109 cm³/mol. The third kappa shape index (κ3) is 5.41. The Morgan fingerprint density at radius 1 is 1.00 bits per heavy atom. The fourth-order valence-electron chi connectivity index (χ4n) is 2.98. The second-order valence-corrected chi connectivity index (χ2v) is 6.40. The molecule has 5 heteroatoms. The van der Waals surface area contributed by atoms with Crippen LogP contribution >= 0.6 is 0 Å². The van der Waals surface area contributed by atoms with Gasteiger partial charge in [0, 0.05) is 18.3 Å². The average Bonchev–Trinajstić information content (AvgIpc) is 2.72. The van der Waals surface area contributed by atoms with Gasteiger partial charge in [-0.25, -0.2) is 4.39 Å². The molecule has 0 heterocycles. The third-order valence-electron chi connectivity index (χ3n) is 4.38. The molecule has 144 valence electrons. The summed E-state index contributed by atoms with van der Waals surface area (Å²) in [6.07, 6.45) is 0.619.